The molecule has 0 aliphatic rings. The summed E-state index contributed by atoms with van der Waals surface area (Å²) in [6.07, 6.45) is 1.08. The molecule has 1 rings (SSSR count). The van der Waals surface area contributed by atoms with Crippen molar-refractivity contribution in [1.29, 1.82) is 0 Å². The first-order valence-electron chi connectivity index (χ1n) is 6.00. The summed E-state index contributed by atoms with van der Waals surface area (Å²) in [5.41, 5.74) is 0.882. The second-order valence-corrected chi connectivity index (χ2v) is 3.67. The van der Waals surface area contributed by atoms with Crippen LogP contribution in [-0.4, -0.2) is 37.1 Å². The summed E-state index contributed by atoms with van der Waals surface area (Å²) in [5, 5.41) is 11.5. The van der Waals surface area contributed by atoms with Crippen LogP contribution in [0.2, 0.25) is 0 Å². The van der Waals surface area contributed by atoms with E-state index in [0.717, 1.165) is 18.7 Å². The molecule has 5 heteroatoms. The lowest BCUT2D eigenvalue weighted by Crippen LogP contribution is -2.27. The van der Waals surface area contributed by atoms with Gasteiger partial charge in [0, 0.05) is 12.7 Å². The van der Waals surface area contributed by atoms with E-state index in [4.69, 9.17) is 9.47 Å². The summed E-state index contributed by atoms with van der Waals surface area (Å²) in [6.45, 7) is 6.36. The Kier molecular flexibility index (Phi) is 6.50. The summed E-state index contributed by atoms with van der Waals surface area (Å²) < 4.78 is 10.4. The molecule has 96 valence electrons. The Morgan fingerprint density at radius 1 is 1.29 bits per heavy atom. The molecule has 5 nitrogen and oxygen atoms in total. The Balaban J connectivity index is 2.65. The zero-order valence-electron chi connectivity index (χ0n) is 10.8. The maximum atomic E-state index is 5.44. The minimum Gasteiger partial charge on any atom is -0.480 e. The lowest BCUT2D eigenvalue weighted by atomic mass is 10.2. The third kappa shape index (κ3) is 4.66. The zero-order valence-corrected chi connectivity index (χ0v) is 10.8. The Hall–Kier alpha value is -1.20. The number of ether oxygens (including phenoxy) is 2. The maximum Gasteiger partial charge on any atom is 0.233 e. The van der Waals surface area contributed by atoms with Gasteiger partial charge in [-0.05, 0) is 26.0 Å². The van der Waals surface area contributed by atoms with Crippen molar-refractivity contribution in [3.63, 3.8) is 0 Å². The molecule has 1 N–H and O–H groups in total. The highest BCUT2D eigenvalue weighted by atomic mass is 16.5. The molecule has 0 aliphatic carbocycles. The molecule has 0 saturated heterocycles. The molecule has 0 spiro atoms. The maximum absolute atomic E-state index is 5.44. The standard InChI is InChI=1S/C12H21N3O2/c1-4-8-13-11(9-17-5-2)10-6-7-12(16-3)15-14-10/h6-7,11,13H,4-5,8-9H2,1-3H3. The molecular formula is C12H21N3O2. The second-order valence-electron chi connectivity index (χ2n) is 3.67. The Labute approximate surface area is 103 Å². The number of hydrogen-bond donors (Lipinski definition) is 1. The van der Waals surface area contributed by atoms with Crippen LogP contribution in [0.5, 0.6) is 5.88 Å². The monoisotopic (exact) mass is 239 g/mol. The van der Waals surface area contributed by atoms with Crippen molar-refractivity contribution < 1.29 is 9.47 Å². The van der Waals surface area contributed by atoms with Crippen molar-refractivity contribution in [3.8, 4) is 5.88 Å². The summed E-state index contributed by atoms with van der Waals surface area (Å²) in [7, 11) is 1.58. The van der Waals surface area contributed by atoms with E-state index in [1.807, 2.05) is 19.1 Å². The van der Waals surface area contributed by atoms with E-state index in [1.165, 1.54) is 0 Å². The van der Waals surface area contributed by atoms with Gasteiger partial charge in [0.15, 0.2) is 0 Å². The number of hydrogen-bond acceptors (Lipinski definition) is 5. The predicted octanol–water partition coefficient (Wildman–Crippen LogP) is 1.56. The van der Waals surface area contributed by atoms with Gasteiger partial charge in [-0.2, -0.15) is 5.10 Å². The summed E-state index contributed by atoms with van der Waals surface area (Å²) in [4.78, 5) is 0. The van der Waals surface area contributed by atoms with Crippen LogP contribution in [0.1, 0.15) is 32.0 Å². The van der Waals surface area contributed by atoms with Crippen molar-refractivity contribution in [2.45, 2.75) is 26.3 Å². The van der Waals surface area contributed by atoms with E-state index < -0.39 is 0 Å². The fourth-order valence-corrected chi connectivity index (χ4v) is 1.43. The van der Waals surface area contributed by atoms with Crippen LogP contribution in [0.4, 0.5) is 0 Å². The SMILES string of the molecule is CCCNC(COCC)c1ccc(OC)nn1. The lowest BCUT2D eigenvalue weighted by Gasteiger charge is -2.17. The third-order valence-corrected chi connectivity index (χ3v) is 2.36. The first-order valence-corrected chi connectivity index (χ1v) is 6.00. The highest BCUT2D eigenvalue weighted by molar-refractivity contribution is 5.14. The number of methoxy groups -OCH3 is 1. The van der Waals surface area contributed by atoms with Crippen molar-refractivity contribution in [1.82, 2.24) is 15.5 Å². The molecule has 17 heavy (non-hydrogen) atoms. The first-order chi connectivity index (χ1) is 8.31. The second kappa shape index (κ2) is 7.97. The molecule has 0 saturated carbocycles. The van der Waals surface area contributed by atoms with Gasteiger partial charge in [-0.25, -0.2) is 0 Å². The molecule has 1 unspecified atom stereocenters. The highest BCUT2D eigenvalue weighted by Gasteiger charge is 2.12. The lowest BCUT2D eigenvalue weighted by molar-refractivity contribution is 0.121. The van der Waals surface area contributed by atoms with Gasteiger partial charge < -0.3 is 14.8 Å². The van der Waals surface area contributed by atoms with Crippen LogP contribution < -0.4 is 10.1 Å². The van der Waals surface area contributed by atoms with Crippen LogP contribution in [0.3, 0.4) is 0 Å². The number of rotatable bonds is 8. The Morgan fingerprint density at radius 2 is 2.12 bits per heavy atom. The Morgan fingerprint density at radius 3 is 2.65 bits per heavy atom. The molecule has 0 aliphatic heterocycles. The van der Waals surface area contributed by atoms with Crippen molar-refractivity contribution in [3.05, 3.63) is 17.8 Å². The van der Waals surface area contributed by atoms with Crippen LogP contribution in [-0.2, 0) is 4.74 Å². The van der Waals surface area contributed by atoms with Crippen LogP contribution in [0.15, 0.2) is 12.1 Å². The van der Waals surface area contributed by atoms with Crippen LogP contribution >= 0.6 is 0 Å². The van der Waals surface area contributed by atoms with Gasteiger partial charge >= 0.3 is 0 Å². The summed E-state index contributed by atoms with van der Waals surface area (Å²) >= 11 is 0. The van der Waals surface area contributed by atoms with Crippen molar-refractivity contribution in [2.24, 2.45) is 0 Å². The average Bonchev–Trinajstić information content (AvgIpc) is 2.39. The van der Waals surface area contributed by atoms with E-state index in [-0.39, 0.29) is 6.04 Å². The minimum atomic E-state index is 0.0910. The molecule has 1 aromatic heterocycles. The van der Waals surface area contributed by atoms with Gasteiger partial charge in [0.05, 0.1) is 25.5 Å². The first kappa shape index (κ1) is 13.9. The van der Waals surface area contributed by atoms with Crippen LogP contribution in [0.25, 0.3) is 0 Å². The topological polar surface area (TPSA) is 56.3 Å². The Bertz CT molecular complexity index is 295. The molecule has 0 bridgehead atoms. The molecule has 0 amide bonds. The van der Waals surface area contributed by atoms with E-state index in [9.17, 15) is 0 Å². The molecule has 1 heterocycles. The number of nitrogens with zero attached hydrogens (tertiary/aromatic N) is 2. The molecule has 0 aromatic carbocycles. The van der Waals surface area contributed by atoms with Crippen molar-refractivity contribution in [2.75, 3.05) is 26.9 Å². The normalized spacial score (nSPS) is 12.4. The van der Waals surface area contributed by atoms with Gasteiger partial charge in [0.1, 0.15) is 0 Å². The average molecular weight is 239 g/mol. The van der Waals surface area contributed by atoms with Crippen molar-refractivity contribution >= 4 is 0 Å². The molecular weight excluding hydrogens is 218 g/mol. The molecule has 1 atom stereocenters. The number of aromatic nitrogens is 2. The molecule has 0 radical (unpaired) electrons. The quantitative estimate of drug-likeness (QED) is 0.746. The van der Waals surface area contributed by atoms with Gasteiger partial charge in [0.2, 0.25) is 5.88 Å². The van der Waals surface area contributed by atoms with Gasteiger partial charge in [-0.1, -0.05) is 6.92 Å². The largest absolute Gasteiger partial charge is 0.480 e. The van der Waals surface area contributed by atoms with Gasteiger partial charge in [-0.15, -0.1) is 5.10 Å². The van der Waals surface area contributed by atoms with Crippen LogP contribution in [0, 0.1) is 0 Å². The fraction of sp³-hybridized carbons (Fsp3) is 0.667. The third-order valence-electron chi connectivity index (χ3n) is 2.36. The summed E-state index contributed by atoms with van der Waals surface area (Å²) in [5.74, 6) is 0.527. The van der Waals surface area contributed by atoms with E-state index in [2.05, 4.69) is 22.4 Å². The van der Waals surface area contributed by atoms with Gasteiger partial charge in [0.25, 0.3) is 0 Å². The van der Waals surface area contributed by atoms with E-state index >= 15 is 0 Å². The molecule has 0 fully saturated rings. The molecule has 1 aromatic rings. The van der Waals surface area contributed by atoms with Gasteiger partial charge in [-0.3, -0.25) is 0 Å². The fourth-order valence-electron chi connectivity index (χ4n) is 1.43. The highest BCUT2D eigenvalue weighted by Crippen LogP contribution is 2.12. The van der Waals surface area contributed by atoms with E-state index in [1.54, 1.807) is 7.11 Å². The number of nitrogens with one attached hydrogen (secondary N) is 1. The van der Waals surface area contributed by atoms with E-state index in [0.29, 0.717) is 19.1 Å². The zero-order chi connectivity index (χ0) is 12.5. The predicted molar refractivity (Wildman–Crippen MR) is 66.1 cm³/mol. The minimum absolute atomic E-state index is 0.0910. The summed E-state index contributed by atoms with van der Waals surface area (Å²) in [6, 6.07) is 3.82. The smallest absolute Gasteiger partial charge is 0.233 e.